The first-order chi connectivity index (χ1) is 11.3. The summed E-state index contributed by atoms with van der Waals surface area (Å²) in [5.74, 6) is 5.39. The van der Waals surface area contributed by atoms with Gasteiger partial charge in [-0.15, -0.1) is 0 Å². The fourth-order valence-electron chi connectivity index (χ4n) is 1.57. The van der Waals surface area contributed by atoms with Crippen molar-refractivity contribution in [2.24, 2.45) is 0 Å². The minimum Gasteiger partial charge on any atom is -0.391 e. The van der Waals surface area contributed by atoms with E-state index in [0.717, 1.165) is 6.20 Å². The van der Waals surface area contributed by atoms with Crippen LogP contribution in [0.15, 0.2) is 36.8 Å². The van der Waals surface area contributed by atoms with Crippen LogP contribution in [0.3, 0.4) is 0 Å². The highest BCUT2D eigenvalue weighted by Crippen LogP contribution is 2.14. The number of hydrogen-bond acceptors (Lipinski definition) is 4. The highest BCUT2D eigenvalue weighted by molar-refractivity contribution is 5.70. The Morgan fingerprint density at radius 1 is 1.17 bits per heavy atom. The smallest absolute Gasteiger partial charge is 0.391 e. The van der Waals surface area contributed by atoms with Crippen molar-refractivity contribution in [3.05, 3.63) is 53.7 Å². The standard InChI is InChI=1S/C18H18FN3O2/c1-18(2,3)22(4)17(23)24-16-8-7-13(11-21-16)5-6-14-9-15(19)12-20-10-14/h7-12H,1-4H3. The molecule has 2 heterocycles. The molecule has 24 heavy (non-hydrogen) atoms. The highest BCUT2D eigenvalue weighted by atomic mass is 19.1. The zero-order chi connectivity index (χ0) is 17.7. The van der Waals surface area contributed by atoms with Crippen LogP contribution in [0, 0.1) is 17.7 Å². The topological polar surface area (TPSA) is 55.3 Å². The Morgan fingerprint density at radius 3 is 2.46 bits per heavy atom. The molecule has 0 bridgehead atoms. The number of carbonyl (C=O) groups excluding carboxylic acids is 1. The summed E-state index contributed by atoms with van der Waals surface area (Å²) < 4.78 is 18.2. The molecule has 124 valence electrons. The Hall–Kier alpha value is -2.94. The molecule has 0 fully saturated rings. The predicted molar refractivity (Wildman–Crippen MR) is 88.0 cm³/mol. The van der Waals surface area contributed by atoms with Crippen LogP contribution in [-0.2, 0) is 0 Å². The van der Waals surface area contributed by atoms with E-state index in [4.69, 9.17) is 4.74 Å². The lowest BCUT2D eigenvalue weighted by atomic mass is 10.1. The van der Waals surface area contributed by atoms with Crippen LogP contribution in [-0.4, -0.2) is 33.5 Å². The Labute approximate surface area is 140 Å². The van der Waals surface area contributed by atoms with Gasteiger partial charge in [0.1, 0.15) is 5.82 Å². The molecule has 0 saturated carbocycles. The van der Waals surface area contributed by atoms with E-state index in [1.165, 1.54) is 23.4 Å². The van der Waals surface area contributed by atoms with Crippen molar-refractivity contribution in [1.29, 1.82) is 0 Å². The van der Waals surface area contributed by atoms with E-state index in [2.05, 4.69) is 21.8 Å². The summed E-state index contributed by atoms with van der Waals surface area (Å²) in [6, 6.07) is 4.53. The zero-order valence-electron chi connectivity index (χ0n) is 14.0. The number of halogens is 1. The monoisotopic (exact) mass is 327 g/mol. The van der Waals surface area contributed by atoms with Crippen molar-refractivity contribution in [3.63, 3.8) is 0 Å². The average molecular weight is 327 g/mol. The Bertz CT molecular complexity index is 786. The van der Waals surface area contributed by atoms with E-state index in [-0.39, 0.29) is 11.4 Å². The number of ether oxygens (including phenoxy) is 1. The normalized spacial score (nSPS) is 10.5. The van der Waals surface area contributed by atoms with Gasteiger partial charge in [0.05, 0.1) is 6.20 Å². The third kappa shape index (κ3) is 4.78. The van der Waals surface area contributed by atoms with Crippen LogP contribution in [0.25, 0.3) is 0 Å². The summed E-state index contributed by atoms with van der Waals surface area (Å²) in [6.07, 6.45) is 3.59. The van der Waals surface area contributed by atoms with Gasteiger partial charge in [0, 0.05) is 42.2 Å². The molecule has 5 nitrogen and oxygen atoms in total. The first-order valence-electron chi connectivity index (χ1n) is 7.30. The highest BCUT2D eigenvalue weighted by Gasteiger charge is 2.24. The third-order valence-electron chi connectivity index (χ3n) is 3.26. The Morgan fingerprint density at radius 2 is 1.88 bits per heavy atom. The van der Waals surface area contributed by atoms with Gasteiger partial charge in [-0.25, -0.2) is 14.2 Å². The molecule has 2 rings (SSSR count). The van der Waals surface area contributed by atoms with E-state index < -0.39 is 11.9 Å². The molecule has 0 N–H and O–H groups in total. The van der Waals surface area contributed by atoms with Gasteiger partial charge < -0.3 is 9.64 Å². The number of hydrogen-bond donors (Lipinski definition) is 0. The maximum atomic E-state index is 13.0. The summed E-state index contributed by atoms with van der Waals surface area (Å²) in [5.41, 5.74) is 0.738. The lowest BCUT2D eigenvalue weighted by molar-refractivity contribution is 0.123. The summed E-state index contributed by atoms with van der Waals surface area (Å²) in [7, 11) is 1.66. The molecule has 2 aromatic heterocycles. The molecule has 2 aromatic rings. The molecule has 0 radical (unpaired) electrons. The minimum atomic E-state index is -0.486. The first kappa shape index (κ1) is 17.4. The predicted octanol–water partition coefficient (Wildman–Crippen LogP) is 3.24. The quantitative estimate of drug-likeness (QED) is 0.755. The fraction of sp³-hybridized carbons (Fsp3) is 0.278. The van der Waals surface area contributed by atoms with Crippen LogP contribution in [0.2, 0.25) is 0 Å². The molecule has 0 aromatic carbocycles. The molecule has 0 saturated heterocycles. The Kier molecular flexibility index (Phi) is 5.14. The van der Waals surface area contributed by atoms with Gasteiger partial charge in [0.2, 0.25) is 5.88 Å². The number of amides is 1. The maximum absolute atomic E-state index is 13.0. The minimum absolute atomic E-state index is 0.189. The van der Waals surface area contributed by atoms with Crippen molar-refractivity contribution in [2.45, 2.75) is 26.3 Å². The summed E-state index contributed by atoms with van der Waals surface area (Å²) >= 11 is 0. The second kappa shape index (κ2) is 7.09. The molecule has 0 atom stereocenters. The second-order valence-corrected chi connectivity index (χ2v) is 6.12. The average Bonchev–Trinajstić information content (AvgIpc) is 2.52. The van der Waals surface area contributed by atoms with E-state index in [1.807, 2.05) is 20.8 Å². The van der Waals surface area contributed by atoms with E-state index >= 15 is 0 Å². The van der Waals surface area contributed by atoms with Crippen LogP contribution in [0.4, 0.5) is 9.18 Å². The van der Waals surface area contributed by atoms with Gasteiger partial charge in [-0.2, -0.15) is 0 Å². The van der Waals surface area contributed by atoms with Crippen molar-refractivity contribution in [2.75, 3.05) is 7.05 Å². The Balaban J connectivity index is 2.05. The van der Waals surface area contributed by atoms with Crippen LogP contribution in [0.5, 0.6) is 5.88 Å². The summed E-state index contributed by atoms with van der Waals surface area (Å²) in [5, 5.41) is 0. The number of nitrogens with zero attached hydrogens (tertiary/aromatic N) is 3. The lowest BCUT2D eigenvalue weighted by Gasteiger charge is -2.30. The molecule has 0 spiro atoms. The van der Waals surface area contributed by atoms with E-state index in [1.54, 1.807) is 19.2 Å². The zero-order valence-corrected chi connectivity index (χ0v) is 14.0. The van der Waals surface area contributed by atoms with Crippen LogP contribution < -0.4 is 4.74 Å². The summed E-state index contributed by atoms with van der Waals surface area (Å²) in [6.45, 7) is 5.71. The third-order valence-corrected chi connectivity index (χ3v) is 3.26. The van der Waals surface area contributed by atoms with Crippen LogP contribution in [0.1, 0.15) is 31.9 Å². The second-order valence-electron chi connectivity index (χ2n) is 6.12. The number of pyridine rings is 2. The van der Waals surface area contributed by atoms with Crippen molar-refractivity contribution < 1.29 is 13.9 Å². The molecular formula is C18H18FN3O2. The van der Waals surface area contributed by atoms with Gasteiger partial charge in [0.15, 0.2) is 0 Å². The van der Waals surface area contributed by atoms with Gasteiger partial charge in [-0.05, 0) is 32.9 Å². The number of carbonyl (C=O) groups is 1. The van der Waals surface area contributed by atoms with Gasteiger partial charge >= 0.3 is 6.09 Å². The largest absolute Gasteiger partial charge is 0.416 e. The van der Waals surface area contributed by atoms with E-state index in [0.29, 0.717) is 11.1 Å². The van der Waals surface area contributed by atoms with Crippen LogP contribution >= 0.6 is 0 Å². The number of aromatic nitrogens is 2. The van der Waals surface area contributed by atoms with E-state index in [9.17, 15) is 9.18 Å². The molecule has 1 amide bonds. The molecule has 0 unspecified atom stereocenters. The fourth-order valence-corrected chi connectivity index (χ4v) is 1.57. The summed E-state index contributed by atoms with van der Waals surface area (Å²) in [4.78, 5) is 21.2. The lowest BCUT2D eigenvalue weighted by Crippen LogP contribution is -2.44. The maximum Gasteiger partial charge on any atom is 0.416 e. The SMILES string of the molecule is CN(C(=O)Oc1ccc(C#Cc2cncc(F)c2)cn1)C(C)(C)C. The van der Waals surface area contributed by atoms with Crippen molar-refractivity contribution in [3.8, 4) is 17.7 Å². The molecule has 6 heteroatoms. The van der Waals surface area contributed by atoms with Gasteiger partial charge in [-0.3, -0.25) is 4.98 Å². The van der Waals surface area contributed by atoms with Crippen molar-refractivity contribution >= 4 is 6.09 Å². The first-order valence-corrected chi connectivity index (χ1v) is 7.30. The molecule has 0 aliphatic heterocycles. The molecule has 0 aliphatic carbocycles. The van der Waals surface area contributed by atoms with Crippen molar-refractivity contribution in [1.82, 2.24) is 14.9 Å². The molecular weight excluding hydrogens is 309 g/mol. The number of rotatable bonds is 1. The van der Waals surface area contributed by atoms with Gasteiger partial charge in [-0.1, -0.05) is 11.8 Å². The molecule has 0 aliphatic rings. The van der Waals surface area contributed by atoms with Gasteiger partial charge in [0.25, 0.3) is 0 Å².